The van der Waals surface area contributed by atoms with Gasteiger partial charge in [-0.15, -0.1) is 6.58 Å². The number of hydrogen-bond acceptors (Lipinski definition) is 3. The summed E-state index contributed by atoms with van der Waals surface area (Å²) in [6, 6.07) is 0. The molecule has 0 saturated heterocycles. The molecule has 0 radical (unpaired) electrons. The Morgan fingerprint density at radius 2 is 2.33 bits per heavy atom. The topological polar surface area (TPSA) is 29.5 Å². The van der Waals surface area contributed by atoms with E-state index in [1.54, 1.807) is 0 Å². The van der Waals surface area contributed by atoms with Crippen LogP contribution in [0, 0.1) is 5.92 Å². The molecule has 0 bridgehead atoms. The first-order valence-electron chi connectivity index (χ1n) is 3.99. The Morgan fingerprint density at radius 1 is 1.75 bits per heavy atom. The van der Waals surface area contributed by atoms with Crippen LogP contribution in [0.1, 0.15) is 6.92 Å². The Kier molecular flexibility index (Phi) is 5.37. The second-order valence-electron chi connectivity index (χ2n) is 2.93. The third-order valence-electron chi connectivity index (χ3n) is 1.63. The van der Waals surface area contributed by atoms with Crippen LogP contribution in [-0.2, 0) is 9.53 Å². The molecule has 3 nitrogen and oxygen atoms in total. The summed E-state index contributed by atoms with van der Waals surface area (Å²) in [6.07, 6.45) is 1.81. The van der Waals surface area contributed by atoms with Crippen LogP contribution in [0.3, 0.4) is 0 Å². The van der Waals surface area contributed by atoms with Crippen LogP contribution in [0.25, 0.3) is 0 Å². The molecule has 1 atom stereocenters. The van der Waals surface area contributed by atoms with Gasteiger partial charge in [0.15, 0.2) is 0 Å². The van der Waals surface area contributed by atoms with Gasteiger partial charge in [0.05, 0.1) is 13.0 Å². The Hall–Kier alpha value is -0.830. The molecule has 0 aliphatic rings. The van der Waals surface area contributed by atoms with Crippen molar-refractivity contribution in [3.05, 3.63) is 12.7 Å². The predicted octanol–water partition coefficient (Wildman–Crippen LogP) is 0.913. The normalized spacial score (nSPS) is 12.7. The Balaban J connectivity index is 3.74. The number of carbonyl (C=O) groups excluding carboxylic acids is 1. The van der Waals surface area contributed by atoms with Crippen molar-refractivity contribution in [1.29, 1.82) is 0 Å². The molecule has 0 aromatic rings. The summed E-state index contributed by atoms with van der Waals surface area (Å²) in [5.74, 6) is -0.231. The molecule has 0 rings (SSSR count). The Bertz CT molecular complexity index is 157. The van der Waals surface area contributed by atoms with E-state index in [4.69, 9.17) is 0 Å². The van der Waals surface area contributed by atoms with Crippen LogP contribution in [0.15, 0.2) is 12.7 Å². The van der Waals surface area contributed by atoms with E-state index >= 15 is 0 Å². The highest BCUT2D eigenvalue weighted by Gasteiger charge is 2.14. The second-order valence-corrected chi connectivity index (χ2v) is 2.93. The van der Waals surface area contributed by atoms with E-state index in [0.717, 1.165) is 6.54 Å². The first-order chi connectivity index (χ1) is 5.61. The Morgan fingerprint density at radius 3 is 2.75 bits per heavy atom. The quantitative estimate of drug-likeness (QED) is 0.455. The van der Waals surface area contributed by atoms with Crippen LogP contribution >= 0.6 is 0 Å². The van der Waals surface area contributed by atoms with E-state index < -0.39 is 0 Å². The minimum atomic E-state index is -0.161. The fraction of sp³-hybridized carbons (Fsp3) is 0.667. The van der Waals surface area contributed by atoms with E-state index in [0.29, 0.717) is 6.54 Å². The summed E-state index contributed by atoms with van der Waals surface area (Å²) < 4.78 is 4.60. The van der Waals surface area contributed by atoms with Crippen LogP contribution in [0.4, 0.5) is 0 Å². The summed E-state index contributed by atoms with van der Waals surface area (Å²) in [5.41, 5.74) is 0. The maximum absolute atomic E-state index is 11.0. The largest absolute Gasteiger partial charge is 0.469 e. The molecule has 12 heavy (non-hydrogen) atoms. The predicted molar refractivity (Wildman–Crippen MR) is 48.9 cm³/mol. The van der Waals surface area contributed by atoms with Crippen molar-refractivity contribution >= 4 is 5.97 Å². The maximum Gasteiger partial charge on any atom is 0.309 e. The molecule has 3 heteroatoms. The molecule has 0 aromatic carbocycles. The van der Waals surface area contributed by atoms with Gasteiger partial charge in [-0.05, 0) is 7.05 Å². The molecule has 0 heterocycles. The second kappa shape index (κ2) is 5.77. The van der Waals surface area contributed by atoms with E-state index in [9.17, 15) is 4.79 Å². The third kappa shape index (κ3) is 4.13. The summed E-state index contributed by atoms with van der Waals surface area (Å²) in [6.45, 7) is 6.97. The zero-order chi connectivity index (χ0) is 9.56. The fourth-order valence-corrected chi connectivity index (χ4v) is 1.04. The fourth-order valence-electron chi connectivity index (χ4n) is 1.04. The molecule has 0 aliphatic heterocycles. The lowest BCUT2D eigenvalue weighted by molar-refractivity contribution is -0.145. The van der Waals surface area contributed by atoms with E-state index in [2.05, 4.69) is 11.3 Å². The number of hydrogen-bond donors (Lipinski definition) is 0. The van der Waals surface area contributed by atoms with Gasteiger partial charge in [-0.1, -0.05) is 13.0 Å². The van der Waals surface area contributed by atoms with Gasteiger partial charge in [0, 0.05) is 13.1 Å². The lowest BCUT2D eigenvalue weighted by Gasteiger charge is -2.17. The molecule has 0 fully saturated rings. The van der Waals surface area contributed by atoms with E-state index in [-0.39, 0.29) is 11.9 Å². The number of methoxy groups -OCH3 is 1. The van der Waals surface area contributed by atoms with Gasteiger partial charge in [0.25, 0.3) is 0 Å². The Labute approximate surface area is 74.0 Å². The van der Waals surface area contributed by atoms with Gasteiger partial charge in [0.1, 0.15) is 0 Å². The van der Waals surface area contributed by atoms with E-state index in [1.165, 1.54) is 7.11 Å². The summed E-state index contributed by atoms with van der Waals surface area (Å²) in [5, 5.41) is 0. The summed E-state index contributed by atoms with van der Waals surface area (Å²) in [4.78, 5) is 13.0. The average molecular weight is 171 g/mol. The van der Waals surface area contributed by atoms with Gasteiger partial charge in [-0.3, -0.25) is 4.79 Å². The summed E-state index contributed by atoms with van der Waals surface area (Å²) >= 11 is 0. The molecule has 0 spiro atoms. The molecule has 0 saturated carbocycles. The van der Waals surface area contributed by atoms with Gasteiger partial charge in [-0.25, -0.2) is 0 Å². The molecule has 0 aromatic heterocycles. The van der Waals surface area contributed by atoms with Crippen molar-refractivity contribution in [2.24, 2.45) is 5.92 Å². The van der Waals surface area contributed by atoms with Gasteiger partial charge in [-0.2, -0.15) is 0 Å². The molecule has 70 valence electrons. The molecular weight excluding hydrogens is 154 g/mol. The van der Waals surface area contributed by atoms with Crippen molar-refractivity contribution in [3.63, 3.8) is 0 Å². The minimum Gasteiger partial charge on any atom is -0.469 e. The maximum atomic E-state index is 11.0. The molecule has 0 amide bonds. The number of esters is 1. The summed E-state index contributed by atoms with van der Waals surface area (Å²) in [7, 11) is 3.35. The first-order valence-corrected chi connectivity index (χ1v) is 3.99. The highest BCUT2D eigenvalue weighted by molar-refractivity contribution is 5.72. The number of nitrogens with zero attached hydrogens (tertiary/aromatic N) is 1. The lowest BCUT2D eigenvalue weighted by atomic mass is 10.2. The number of carbonyl (C=O) groups is 1. The number of rotatable bonds is 5. The van der Waals surface area contributed by atoms with Crippen molar-refractivity contribution in [1.82, 2.24) is 4.90 Å². The van der Waals surface area contributed by atoms with Crippen LogP contribution in [-0.4, -0.2) is 38.1 Å². The zero-order valence-corrected chi connectivity index (χ0v) is 8.04. The van der Waals surface area contributed by atoms with Crippen LogP contribution in [0.5, 0.6) is 0 Å². The highest BCUT2D eigenvalue weighted by atomic mass is 16.5. The SMILES string of the molecule is C=CCN(C)CC(C)C(=O)OC. The highest BCUT2D eigenvalue weighted by Crippen LogP contribution is 1.99. The van der Waals surface area contributed by atoms with Crippen molar-refractivity contribution in [3.8, 4) is 0 Å². The molecule has 1 unspecified atom stereocenters. The zero-order valence-electron chi connectivity index (χ0n) is 8.04. The molecular formula is C9H17NO2. The van der Waals surface area contributed by atoms with Gasteiger partial charge < -0.3 is 9.64 Å². The van der Waals surface area contributed by atoms with Crippen LogP contribution in [0.2, 0.25) is 0 Å². The van der Waals surface area contributed by atoms with Crippen molar-refractivity contribution in [2.45, 2.75) is 6.92 Å². The molecule has 0 aliphatic carbocycles. The van der Waals surface area contributed by atoms with E-state index in [1.807, 2.05) is 24.9 Å². The van der Waals surface area contributed by atoms with Crippen molar-refractivity contribution < 1.29 is 9.53 Å². The van der Waals surface area contributed by atoms with Gasteiger partial charge >= 0.3 is 5.97 Å². The van der Waals surface area contributed by atoms with Gasteiger partial charge in [0.2, 0.25) is 0 Å². The smallest absolute Gasteiger partial charge is 0.309 e. The standard InChI is InChI=1S/C9H17NO2/c1-5-6-10(3)7-8(2)9(11)12-4/h5,8H,1,6-7H2,2-4H3. The van der Waals surface area contributed by atoms with Crippen LogP contribution < -0.4 is 0 Å². The monoisotopic (exact) mass is 171 g/mol. The molecule has 0 N–H and O–H groups in total. The number of likely N-dealkylation sites (N-methyl/N-ethyl adjacent to an activating group) is 1. The minimum absolute atomic E-state index is 0.0695. The first kappa shape index (κ1) is 11.2. The van der Waals surface area contributed by atoms with Crippen molar-refractivity contribution in [2.75, 3.05) is 27.2 Å². The average Bonchev–Trinajstić information content (AvgIpc) is 2.03. The lowest BCUT2D eigenvalue weighted by Crippen LogP contribution is -2.29. The number of ether oxygens (including phenoxy) is 1. The third-order valence-corrected chi connectivity index (χ3v) is 1.63.